The third kappa shape index (κ3) is 2.19. The third-order valence-electron chi connectivity index (χ3n) is 2.34. The van der Waals surface area contributed by atoms with E-state index in [4.69, 9.17) is 15.6 Å². The van der Waals surface area contributed by atoms with Crippen LogP contribution in [0, 0.1) is 0 Å². The number of carbonyl (C=O) groups is 1. The van der Waals surface area contributed by atoms with E-state index in [-0.39, 0.29) is 25.9 Å². The lowest BCUT2D eigenvalue weighted by atomic mass is 10.2. The van der Waals surface area contributed by atoms with Crippen molar-refractivity contribution < 1.29 is 19.0 Å². The Kier molecular flexibility index (Phi) is 3.20. The first-order chi connectivity index (χ1) is 8.13. The molecule has 2 aliphatic heterocycles. The van der Waals surface area contributed by atoms with E-state index in [0.29, 0.717) is 0 Å². The number of amides is 1. The van der Waals surface area contributed by atoms with Gasteiger partial charge in [-0.2, -0.15) is 4.39 Å². The quantitative estimate of drug-likeness (QED) is 0.381. The molecule has 0 saturated carbocycles. The van der Waals surface area contributed by atoms with Crippen LogP contribution in [0.5, 0.6) is 0 Å². The zero-order chi connectivity index (χ0) is 12.4. The fraction of sp³-hybridized carbons (Fsp3) is 0.625. The molecule has 0 fully saturated rings. The summed E-state index contributed by atoms with van der Waals surface area (Å²) in [7, 11) is 0. The predicted molar refractivity (Wildman–Crippen MR) is 55.6 cm³/mol. The number of carbonyl (C=O) groups excluding carboxylic acids is 1. The minimum atomic E-state index is -0.944. The second-order valence-corrected chi connectivity index (χ2v) is 3.49. The molecule has 17 heavy (non-hydrogen) atoms. The van der Waals surface area contributed by atoms with Gasteiger partial charge in [0, 0.05) is 0 Å². The van der Waals surface area contributed by atoms with Crippen LogP contribution in [-0.2, 0) is 9.53 Å². The summed E-state index contributed by atoms with van der Waals surface area (Å²) in [6.45, 7) is -0.264. The summed E-state index contributed by atoms with van der Waals surface area (Å²) in [6.07, 6.45) is -1.64. The number of ether oxygens (including phenoxy) is 1. The number of nitrogens with zero attached hydrogens (tertiary/aromatic N) is 3. The fourth-order valence-electron chi connectivity index (χ4n) is 1.60. The Morgan fingerprint density at radius 1 is 1.59 bits per heavy atom. The van der Waals surface area contributed by atoms with Gasteiger partial charge in [-0.05, 0) is 0 Å². The lowest BCUT2D eigenvalue weighted by Gasteiger charge is -2.27. The van der Waals surface area contributed by atoms with E-state index in [0.717, 1.165) is 4.90 Å². The number of amidine groups is 1. The minimum Gasteiger partial charge on any atom is -0.394 e. The van der Waals surface area contributed by atoms with Crippen molar-refractivity contribution in [3.8, 4) is 0 Å². The second kappa shape index (κ2) is 4.63. The molecule has 8 nitrogen and oxygen atoms in total. The SMILES string of the molecule is NC1=NC2C(N=C([18F])N2COCCO)C(=O)N1. The first kappa shape index (κ1) is 11.7. The molecule has 0 radical (unpaired) electrons. The van der Waals surface area contributed by atoms with E-state index < -0.39 is 24.2 Å². The van der Waals surface area contributed by atoms with Gasteiger partial charge in [0.25, 0.3) is 12.0 Å². The van der Waals surface area contributed by atoms with Crippen LogP contribution < -0.4 is 11.1 Å². The molecule has 4 N–H and O–H groups in total. The number of nitrogens with two attached hydrogens (primary N) is 1. The van der Waals surface area contributed by atoms with Crippen molar-refractivity contribution in [2.45, 2.75) is 12.2 Å². The zero-order valence-corrected chi connectivity index (χ0v) is 8.84. The molecule has 2 aliphatic rings. The van der Waals surface area contributed by atoms with Gasteiger partial charge >= 0.3 is 0 Å². The molecule has 9 heteroatoms. The maximum absolute atomic E-state index is 13.5. The molecule has 2 rings (SSSR count). The van der Waals surface area contributed by atoms with Gasteiger partial charge in [-0.1, -0.05) is 0 Å². The second-order valence-electron chi connectivity index (χ2n) is 3.49. The van der Waals surface area contributed by atoms with E-state index in [2.05, 4.69) is 15.3 Å². The summed E-state index contributed by atoms with van der Waals surface area (Å²) in [4.78, 5) is 20.0. The Morgan fingerprint density at radius 2 is 2.35 bits per heavy atom. The summed E-state index contributed by atoms with van der Waals surface area (Å²) in [5, 5.41) is 10.8. The molecule has 2 heterocycles. The largest absolute Gasteiger partial charge is 0.394 e. The van der Waals surface area contributed by atoms with Crippen molar-refractivity contribution in [2.75, 3.05) is 19.9 Å². The summed E-state index contributed by atoms with van der Waals surface area (Å²) in [5.74, 6) is -0.574. The maximum atomic E-state index is 13.5. The van der Waals surface area contributed by atoms with Gasteiger partial charge in [-0.3, -0.25) is 15.0 Å². The standard InChI is InChI=1S/C8H12FN5O3/c9-7-11-4-5(12-8(10)13-6(4)16)14(7)3-17-2-1-15/h4-5,15H,1-3H2,(H3,10,12,13,16)/i9-1. The van der Waals surface area contributed by atoms with Gasteiger partial charge in [-0.15, -0.1) is 0 Å². The van der Waals surface area contributed by atoms with Gasteiger partial charge in [0.05, 0.1) is 13.2 Å². The van der Waals surface area contributed by atoms with Gasteiger partial charge in [0.1, 0.15) is 6.73 Å². The monoisotopic (exact) mass is 244 g/mol. The van der Waals surface area contributed by atoms with Crippen LogP contribution in [-0.4, -0.2) is 60.1 Å². The number of aliphatic hydroxyl groups excluding tert-OH is 1. The Bertz CT molecular complexity index is 385. The normalized spacial score (nSPS) is 27.4. The number of aliphatic hydroxyl groups is 1. The number of guanidine groups is 1. The maximum Gasteiger partial charge on any atom is 0.285 e. The van der Waals surface area contributed by atoms with E-state index in [1.54, 1.807) is 0 Å². The Hall–Kier alpha value is -1.74. The van der Waals surface area contributed by atoms with Crippen LogP contribution in [0.1, 0.15) is 0 Å². The number of hydrogen-bond acceptors (Lipinski definition) is 7. The van der Waals surface area contributed by atoms with E-state index in [1.807, 2.05) is 0 Å². The van der Waals surface area contributed by atoms with Crippen molar-refractivity contribution >= 4 is 18.0 Å². The van der Waals surface area contributed by atoms with E-state index >= 15 is 0 Å². The summed E-state index contributed by atoms with van der Waals surface area (Å²) in [5.41, 5.74) is 5.38. The Labute approximate surface area is 96.0 Å². The first-order valence-electron chi connectivity index (χ1n) is 4.96. The molecule has 0 spiro atoms. The molecular formula is C8H12FN5O3. The first-order valence-corrected chi connectivity index (χ1v) is 4.96. The third-order valence-corrected chi connectivity index (χ3v) is 2.34. The number of halogens is 1. The van der Waals surface area contributed by atoms with Crippen LogP contribution in [0.2, 0.25) is 0 Å². The molecule has 94 valence electrons. The Balaban J connectivity index is 2.09. The van der Waals surface area contributed by atoms with Crippen molar-refractivity contribution in [1.29, 1.82) is 0 Å². The number of aliphatic imine (C=N–C) groups is 2. The van der Waals surface area contributed by atoms with Crippen molar-refractivity contribution in [1.82, 2.24) is 10.2 Å². The van der Waals surface area contributed by atoms with E-state index in [1.165, 1.54) is 0 Å². The average molecular weight is 244 g/mol. The molecule has 0 aromatic rings. The topological polar surface area (TPSA) is 113 Å². The lowest BCUT2D eigenvalue weighted by Crippen LogP contribution is -2.54. The van der Waals surface area contributed by atoms with Crippen LogP contribution in [0.15, 0.2) is 9.98 Å². The van der Waals surface area contributed by atoms with Crippen LogP contribution in [0.4, 0.5) is 4.39 Å². The number of fused-ring (bicyclic) bond motifs is 1. The Morgan fingerprint density at radius 3 is 3.06 bits per heavy atom. The number of rotatable bonds is 4. The average Bonchev–Trinajstić information content (AvgIpc) is 2.57. The van der Waals surface area contributed by atoms with Gasteiger partial charge in [-0.25, -0.2) is 9.98 Å². The van der Waals surface area contributed by atoms with Crippen LogP contribution in [0.25, 0.3) is 0 Å². The number of nitrogens with one attached hydrogen (secondary N) is 1. The fourth-order valence-corrected chi connectivity index (χ4v) is 1.60. The zero-order valence-electron chi connectivity index (χ0n) is 8.84. The van der Waals surface area contributed by atoms with E-state index in [9.17, 15) is 9.18 Å². The molecule has 2 atom stereocenters. The highest BCUT2D eigenvalue weighted by atomic mass is 18.2. The molecule has 0 saturated heterocycles. The van der Waals surface area contributed by atoms with Crippen molar-refractivity contribution in [3.05, 3.63) is 0 Å². The van der Waals surface area contributed by atoms with Crippen molar-refractivity contribution in [3.63, 3.8) is 0 Å². The molecule has 1 amide bonds. The minimum absolute atomic E-state index is 0.0621. The molecular weight excluding hydrogens is 232 g/mol. The highest BCUT2D eigenvalue weighted by Crippen LogP contribution is 2.21. The molecule has 0 aromatic heterocycles. The molecule has 0 aliphatic carbocycles. The lowest BCUT2D eigenvalue weighted by molar-refractivity contribution is -0.122. The summed E-state index contributed by atoms with van der Waals surface area (Å²) < 4.78 is 18.4. The highest BCUT2D eigenvalue weighted by molar-refractivity contribution is 6.03. The van der Waals surface area contributed by atoms with Gasteiger partial charge in [0.2, 0.25) is 0 Å². The highest BCUT2D eigenvalue weighted by Gasteiger charge is 2.43. The summed E-state index contributed by atoms with van der Waals surface area (Å²) >= 11 is 0. The smallest absolute Gasteiger partial charge is 0.285 e. The predicted octanol–water partition coefficient (Wildman–Crippen LogP) is -2.27. The van der Waals surface area contributed by atoms with Crippen LogP contribution in [0.3, 0.4) is 0 Å². The van der Waals surface area contributed by atoms with Gasteiger partial charge < -0.3 is 15.6 Å². The van der Waals surface area contributed by atoms with Gasteiger partial charge in [0.15, 0.2) is 18.2 Å². The summed E-state index contributed by atoms with van der Waals surface area (Å²) in [6, 6.07) is -0.944. The molecule has 0 aromatic carbocycles. The molecule has 2 unspecified atom stereocenters. The van der Waals surface area contributed by atoms with Crippen LogP contribution >= 0.6 is 0 Å². The number of hydrogen-bond donors (Lipinski definition) is 3. The molecule has 0 bridgehead atoms. The van der Waals surface area contributed by atoms with Crippen molar-refractivity contribution in [2.24, 2.45) is 15.7 Å².